The van der Waals surface area contributed by atoms with Crippen LogP contribution in [-0.2, 0) is 0 Å². The summed E-state index contributed by atoms with van der Waals surface area (Å²) in [5, 5.41) is 16.9. The van der Waals surface area contributed by atoms with Crippen LogP contribution in [0.1, 0.15) is 44.7 Å². The van der Waals surface area contributed by atoms with Crippen LogP contribution in [0.15, 0.2) is 30.3 Å². The number of hydrogen-bond donors (Lipinski definition) is 3. The Kier molecular flexibility index (Phi) is 5.73. The van der Waals surface area contributed by atoms with E-state index in [1.165, 1.54) is 5.56 Å². The Labute approximate surface area is 143 Å². The largest absolute Gasteiger partial charge is 0.338 e. The number of urea groups is 1. The number of nitrogens with zero attached hydrogens (tertiary/aromatic N) is 2. The Bertz CT molecular complexity index is 695. The van der Waals surface area contributed by atoms with Gasteiger partial charge in [0, 0.05) is 11.7 Å². The quantitative estimate of drug-likeness (QED) is 0.769. The smallest absolute Gasteiger partial charge is 0.320 e. The molecule has 2 aromatic rings. The molecular formula is C18H25N5O. The van der Waals surface area contributed by atoms with E-state index in [9.17, 15) is 4.79 Å². The molecular weight excluding hydrogens is 302 g/mol. The molecule has 0 spiro atoms. The van der Waals surface area contributed by atoms with Gasteiger partial charge >= 0.3 is 6.03 Å². The number of carbonyl (C=O) groups excluding carboxylic acids is 1. The van der Waals surface area contributed by atoms with Crippen LogP contribution >= 0.6 is 0 Å². The molecule has 128 valence electrons. The highest BCUT2D eigenvalue weighted by atomic mass is 16.2. The van der Waals surface area contributed by atoms with Gasteiger partial charge in [0.25, 0.3) is 0 Å². The molecule has 0 radical (unpaired) electrons. The average molecular weight is 327 g/mol. The minimum atomic E-state index is -0.291. The summed E-state index contributed by atoms with van der Waals surface area (Å²) in [4.78, 5) is 11.7. The van der Waals surface area contributed by atoms with Crippen molar-refractivity contribution in [3.63, 3.8) is 0 Å². The van der Waals surface area contributed by atoms with E-state index in [4.69, 9.17) is 0 Å². The van der Waals surface area contributed by atoms with Crippen molar-refractivity contribution >= 4 is 23.4 Å². The van der Waals surface area contributed by atoms with Gasteiger partial charge in [0.2, 0.25) is 0 Å². The lowest BCUT2D eigenvalue weighted by molar-refractivity contribution is 0.250. The van der Waals surface area contributed by atoms with Crippen LogP contribution in [0.3, 0.4) is 0 Å². The summed E-state index contributed by atoms with van der Waals surface area (Å²) in [5.41, 5.74) is 3.44. The molecule has 2 amide bonds. The normalized spacial score (nSPS) is 10.8. The lowest BCUT2D eigenvalue weighted by Gasteiger charge is -2.16. The second-order valence-electron chi connectivity index (χ2n) is 6.38. The fraction of sp³-hybridized carbons (Fsp3) is 0.389. The van der Waals surface area contributed by atoms with Gasteiger partial charge in [0.1, 0.15) is 0 Å². The first kappa shape index (κ1) is 17.7. The van der Waals surface area contributed by atoms with Crippen molar-refractivity contribution in [3.05, 3.63) is 41.5 Å². The molecule has 6 nitrogen and oxygen atoms in total. The van der Waals surface area contributed by atoms with Gasteiger partial charge in [-0.25, -0.2) is 4.79 Å². The number of para-hydroxylation sites is 1. The highest BCUT2D eigenvalue weighted by Gasteiger charge is 2.10. The molecule has 0 aliphatic rings. The summed E-state index contributed by atoms with van der Waals surface area (Å²) in [6, 6.07) is 9.53. The first-order chi connectivity index (χ1) is 11.4. The van der Waals surface area contributed by atoms with E-state index in [1.807, 2.05) is 13.8 Å². The van der Waals surface area contributed by atoms with Crippen molar-refractivity contribution in [1.82, 2.24) is 15.5 Å². The summed E-state index contributed by atoms with van der Waals surface area (Å²) in [7, 11) is 0. The minimum absolute atomic E-state index is 0.0643. The third kappa shape index (κ3) is 4.68. The summed E-state index contributed by atoms with van der Waals surface area (Å²) < 4.78 is 0. The van der Waals surface area contributed by atoms with Gasteiger partial charge in [-0.2, -0.15) is 0 Å². The summed E-state index contributed by atoms with van der Waals surface area (Å²) in [5.74, 6) is 1.45. The molecule has 0 saturated carbocycles. The van der Waals surface area contributed by atoms with E-state index >= 15 is 0 Å². The van der Waals surface area contributed by atoms with Gasteiger partial charge in [-0.15, -0.1) is 10.2 Å². The van der Waals surface area contributed by atoms with Gasteiger partial charge in [-0.1, -0.05) is 32.0 Å². The summed E-state index contributed by atoms with van der Waals surface area (Å²) in [6.45, 7) is 10.2. The van der Waals surface area contributed by atoms with Gasteiger partial charge < -0.3 is 10.6 Å². The van der Waals surface area contributed by atoms with Crippen LogP contribution in [0.25, 0.3) is 0 Å². The van der Waals surface area contributed by atoms with E-state index in [2.05, 4.69) is 65.1 Å². The van der Waals surface area contributed by atoms with Crippen molar-refractivity contribution in [2.45, 2.75) is 46.6 Å². The first-order valence-electron chi connectivity index (χ1n) is 8.14. The SMILES string of the molecule is Cc1cccc(C(C)C)c1Nc1ccc(NC(=O)NC(C)C)nn1. The van der Waals surface area contributed by atoms with E-state index in [0.717, 1.165) is 11.3 Å². The van der Waals surface area contributed by atoms with Crippen LogP contribution in [-0.4, -0.2) is 22.3 Å². The maximum Gasteiger partial charge on any atom is 0.320 e. The zero-order valence-electron chi connectivity index (χ0n) is 14.8. The number of nitrogens with one attached hydrogen (secondary N) is 3. The molecule has 1 aromatic carbocycles. The maximum absolute atomic E-state index is 11.7. The fourth-order valence-electron chi connectivity index (χ4n) is 2.35. The van der Waals surface area contributed by atoms with E-state index < -0.39 is 0 Å². The van der Waals surface area contributed by atoms with E-state index in [-0.39, 0.29) is 12.1 Å². The second kappa shape index (κ2) is 7.77. The molecule has 6 heteroatoms. The average Bonchev–Trinajstić information content (AvgIpc) is 2.50. The molecule has 1 aromatic heterocycles. The van der Waals surface area contributed by atoms with Crippen LogP contribution in [0, 0.1) is 6.92 Å². The number of rotatable bonds is 5. The molecule has 0 bridgehead atoms. The highest BCUT2D eigenvalue weighted by molar-refractivity contribution is 5.88. The van der Waals surface area contributed by atoms with Gasteiger partial charge in [0.15, 0.2) is 11.6 Å². The highest BCUT2D eigenvalue weighted by Crippen LogP contribution is 2.29. The molecule has 0 fully saturated rings. The molecule has 0 aliphatic carbocycles. The zero-order valence-corrected chi connectivity index (χ0v) is 14.8. The van der Waals surface area contributed by atoms with Crippen LogP contribution in [0.2, 0.25) is 0 Å². The molecule has 0 saturated heterocycles. The van der Waals surface area contributed by atoms with Crippen molar-refractivity contribution in [2.24, 2.45) is 0 Å². The number of aromatic nitrogens is 2. The van der Waals surface area contributed by atoms with Crippen LogP contribution < -0.4 is 16.0 Å². The van der Waals surface area contributed by atoms with Crippen molar-refractivity contribution in [1.29, 1.82) is 0 Å². The third-order valence-electron chi connectivity index (χ3n) is 3.51. The lowest BCUT2D eigenvalue weighted by atomic mass is 9.98. The number of aryl methyl sites for hydroxylation is 1. The minimum Gasteiger partial charge on any atom is -0.338 e. The number of benzene rings is 1. The topological polar surface area (TPSA) is 78.9 Å². The van der Waals surface area contributed by atoms with Gasteiger partial charge in [-0.3, -0.25) is 5.32 Å². The van der Waals surface area contributed by atoms with E-state index in [0.29, 0.717) is 17.6 Å². The molecule has 1 heterocycles. The molecule has 2 rings (SSSR count). The van der Waals surface area contributed by atoms with Crippen molar-refractivity contribution in [3.8, 4) is 0 Å². The maximum atomic E-state index is 11.7. The van der Waals surface area contributed by atoms with Crippen molar-refractivity contribution < 1.29 is 4.79 Å². The molecule has 24 heavy (non-hydrogen) atoms. The summed E-state index contributed by atoms with van der Waals surface area (Å²) in [6.07, 6.45) is 0. The van der Waals surface area contributed by atoms with Crippen molar-refractivity contribution in [2.75, 3.05) is 10.6 Å². The first-order valence-corrected chi connectivity index (χ1v) is 8.14. The lowest BCUT2D eigenvalue weighted by Crippen LogP contribution is -2.34. The Balaban J connectivity index is 2.11. The Morgan fingerprint density at radius 2 is 1.67 bits per heavy atom. The zero-order chi connectivity index (χ0) is 17.7. The number of hydrogen-bond acceptors (Lipinski definition) is 4. The Morgan fingerprint density at radius 3 is 2.25 bits per heavy atom. The summed E-state index contributed by atoms with van der Waals surface area (Å²) >= 11 is 0. The van der Waals surface area contributed by atoms with Crippen LogP contribution in [0.5, 0.6) is 0 Å². The fourth-order valence-corrected chi connectivity index (χ4v) is 2.35. The molecule has 0 atom stereocenters. The second-order valence-corrected chi connectivity index (χ2v) is 6.38. The van der Waals surface area contributed by atoms with E-state index in [1.54, 1.807) is 12.1 Å². The predicted molar refractivity (Wildman–Crippen MR) is 97.9 cm³/mol. The predicted octanol–water partition coefficient (Wildman–Crippen LogP) is 4.18. The Hall–Kier alpha value is -2.63. The number of anilines is 3. The number of carbonyl (C=O) groups is 1. The molecule has 3 N–H and O–H groups in total. The van der Waals surface area contributed by atoms with Crippen LogP contribution in [0.4, 0.5) is 22.1 Å². The number of amides is 2. The Morgan fingerprint density at radius 1 is 1.00 bits per heavy atom. The molecule has 0 unspecified atom stereocenters. The van der Waals surface area contributed by atoms with Gasteiger partial charge in [-0.05, 0) is 49.9 Å². The standard InChI is InChI=1S/C18H25N5O/c1-11(2)14-8-6-7-13(5)17(14)20-15-9-10-16(23-22-15)21-18(24)19-12(3)4/h6-12H,1-5H3,(H,20,22)(H2,19,21,23,24). The monoisotopic (exact) mass is 327 g/mol. The third-order valence-corrected chi connectivity index (χ3v) is 3.51. The van der Waals surface area contributed by atoms with Gasteiger partial charge in [0.05, 0.1) is 0 Å². The molecule has 0 aliphatic heterocycles.